The molecule has 0 saturated heterocycles. The van der Waals surface area contributed by atoms with E-state index in [2.05, 4.69) is 0 Å². The predicted octanol–water partition coefficient (Wildman–Crippen LogP) is -0.400. The van der Waals surface area contributed by atoms with Crippen LogP contribution in [0.3, 0.4) is 0 Å². The molecule has 0 heterocycles. The summed E-state index contributed by atoms with van der Waals surface area (Å²) >= 11 is 0. The molecule has 61 valence electrons. The molecule has 1 atom stereocenters. The van der Waals surface area contributed by atoms with E-state index in [-0.39, 0.29) is 23.5 Å². The normalized spacial score (nSPS) is 14.1. The van der Waals surface area contributed by atoms with Crippen LogP contribution in [0.1, 0.15) is 13.3 Å². The van der Waals surface area contributed by atoms with Gasteiger partial charge in [-0.1, -0.05) is 6.92 Å². The van der Waals surface area contributed by atoms with Gasteiger partial charge in [-0.3, -0.25) is 4.55 Å². The Morgan fingerprint density at radius 2 is 1.89 bits per heavy atom. The summed E-state index contributed by atoms with van der Waals surface area (Å²) in [7, 11) is -4.20. The molecule has 6 heteroatoms. The molecular formula is C3H8CuO4S. The zero-order chi connectivity index (χ0) is 6.78. The second-order valence-electron chi connectivity index (χ2n) is 1.38. The summed E-state index contributed by atoms with van der Waals surface area (Å²) in [6.45, 7) is 1.46. The zero-order valence-electron chi connectivity index (χ0n) is 4.71. The summed E-state index contributed by atoms with van der Waals surface area (Å²) in [5.41, 5.74) is -1.62. The third kappa shape index (κ3) is 4.87. The Kier molecular flexibility index (Phi) is 5.71. The van der Waals surface area contributed by atoms with Gasteiger partial charge in [-0.05, 0) is 6.42 Å². The SMILES string of the molecule is CCC(O)S(=O)(=O)O.[Cu]. The number of aliphatic hydroxyl groups excluding tert-OH is 1. The fourth-order valence-corrected chi connectivity index (χ4v) is 0.632. The van der Waals surface area contributed by atoms with Crippen molar-refractivity contribution in [2.45, 2.75) is 18.8 Å². The van der Waals surface area contributed by atoms with E-state index in [1.54, 1.807) is 0 Å². The van der Waals surface area contributed by atoms with Crippen LogP contribution in [0.15, 0.2) is 0 Å². The third-order valence-corrected chi connectivity index (χ3v) is 1.71. The third-order valence-electron chi connectivity index (χ3n) is 0.693. The molecule has 0 aromatic heterocycles. The first kappa shape index (κ1) is 12.1. The summed E-state index contributed by atoms with van der Waals surface area (Å²) < 4.78 is 27.7. The molecule has 0 aliphatic heterocycles. The van der Waals surface area contributed by atoms with Crippen molar-refractivity contribution >= 4 is 10.1 Å². The second-order valence-corrected chi connectivity index (χ2v) is 2.95. The average molecular weight is 204 g/mol. The molecule has 0 amide bonds. The van der Waals surface area contributed by atoms with Gasteiger partial charge in [0.15, 0.2) is 5.44 Å². The van der Waals surface area contributed by atoms with Crippen molar-refractivity contribution < 1.29 is 35.1 Å². The molecule has 0 spiro atoms. The molecule has 0 fully saturated rings. The molecule has 0 aliphatic rings. The van der Waals surface area contributed by atoms with Gasteiger partial charge in [-0.25, -0.2) is 0 Å². The van der Waals surface area contributed by atoms with Crippen LogP contribution in [0, 0.1) is 0 Å². The van der Waals surface area contributed by atoms with Crippen molar-refractivity contribution in [3.8, 4) is 0 Å². The van der Waals surface area contributed by atoms with E-state index < -0.39 is 15.6 Å². The minimum Gasteiger partial charge on any atom is -0.375 e. The fourth-order valence-electron chi connectivity index (χ4n) is 0.211. The van der Waals surface area contributed by atoms with Crippen LogP contribution < -0.4 is 0 Å². The summed E-state index contributed by atoms with van der Waals surface area (Å²) in [5, 5.41) is 8.36. The van der Waals surface area contributed by atoms with Crippen molar-refractivity contribution in [1.29, 1.82) is 0 Å². The number of rotatable bonds is 2. The Bertz CT molecular complexity index is 151. The van der Waals surface area contributed by atoms with Gasteiger partial charge in [-0.2, -0.15) is 8.42 Å². The predicted molar refractivity (Wildman–Crippen MR) is 27.8 cm³/mol. The maximum atomic E-state index is 9.87. The minimum absolute atomic E-state index is 0. The van der Waals surface area contributed by atoms with Gasteiger partial charge in [-0.15, -0.1) is 0 Å². The Morgan fingerprint density at radius 3 is 1.89 bits per heavy atom. The van der Waals surface area contributed by atoms with Gasteiger partial charge in [0.05, 0.1) is 0 Å². The molecule has 2 N–H and O–H groups in total. The van der Waals surface area contributed by atoms with Crippen LogP contribution in [0.2, 0.25) is 0 Å². The summed E-state index contributed by atoms with van der Waals surface area (Å²) in [6, 6.07) is 0. The van der Waals surface area contributed by atoms with E-state index in [1.165, 1.54) is 6.92 Å². The number of hydrogen-bond acceptors (Lipinski definition) is 3. The van der Waals surface area contributed by atoms with E-state index >= 15 is 0 Å². The van der Waals surface area contributed by atoms with Crippen molar-refractivity contribution in [3.63, 3.8) is 0 Å². The molecule has 0 aliphatic carbocycles. The van der Waals surface area contributed by atoms with Crippen LogP contribution >= 0.6 is 0 Å². The largest absolute Gasteiger partial charge is 0.375 e. The maximum absolute atomic E-state index is 9.87. The average Bonchev–Trinajstić information content (AvgIpc) is 1.62. The first-order chi connectivity index (χ1) is 3.48. The molecule has 0 saturated carbocycles. The second kappa shape index (κ2) is 4.24. The molecular weight excluding hydrogens is 196 g/mol. The molecule has 0 aromatic rings. The molecule has 0 bridgehead atoms. The Labute approximate surface area is 64.5 Å². The number of aliphatic hydroxyl groups is 1. The quantitative estimate of drug-likeness (QED) is 0.473. The number of hydrogen-bond donors (Lipinski definition) is 2. The molecule has 1 radical (unpaired) electrons. The smallest absolute Gasteiger partial charge is 0.291 e. The standard InChI is InChI=1S/C3H8O4S.Cu/c1-2-3(4)8(5,6)7;/h3-4H,2H2,1H3,(H,5,6,7);. The van der Waals surface area contributed by atoms with E-state index in [9.17, 15) is 8.42 Å². The van der Waals surface area contributed by atoms with Gasteiger partial charge in [0.2, 0.25) is 0 Å². The fraction of sp³-hybridized carbons (Fsp3) is 1.00. The van der Waals surface area contributed by atoms with Gasteiger partial charge >= 0.3 is 0 Å². The van der Waals surface area contributed by atoms with E-state index in [0.717, 1.165) is 0 Å². The van der Waals surface area contributed by atoms with Crippen LogP contribution in [0.5, 0.6) is 0 Å². The maximum Gasteiger partial charge on any atom is 0.291 e. The molecule has 1 unspecified atom stereocenters. The molecule has 0 rings (SSSR count). The minimum atomic E-state index is -4.20. The topological polar surface area (TPSA) is 74.6 Å². The first-order valence-electron chi connectivity index (χ1n) is 2.13. The summed E-state index contributed by atoms with van der Waals surface area (Å²) in [6.07, 6.45) is 0.0127. The van der Waals surface area contributed by atoms with Gasteiger partial charge in [0.25, 0.3) is 10.1 Å². The van der Waals surface area contributed by atoms with Crippen LogP contribution in [-0.2, 0) is 27.2 Å². The first-order valence-corrected chi connectivity index (χ1v) is 3.63. The van der Waals surface area contributed by atoms with Crippen LogP contribution in [-0.4, -0.2) is 23.5 Å². The van der Waals surface area contributed by atoms with Gasteiger partial charge < -0.3 is 5.11 Å². The van der Waals surface area contributed by atoms with E-state index in [4.69, 9.17) is 9.66 Å². The molecule has 4 nitrogen and oxygen atoms in total. The molecule has 9 heavy (non-hydrogen) atoms. The van der Waals surface area contributed by atoms with Gasteiger partial charge in [0.1, 0.15) is 0 Å². The van der Waals surface area contributed by atoms with E-state index in [1.807, 2.05) is 0 Å². The summed E-state index contributed by atoms with van der Waals surface area (Å²) in [5.74, 6) is 0. The summed E-state index contributed by atoms with van der Waals surface area (Å²) in [4.78, 5) is 0. The van der Waals surface area contributed by atoms with Crippen LogP contribution in [0.25, 0.3) is 0 Å². The van der Waals surface area contributed by atoms with Crippen molar-refractivity contribution in [3.05, 3.63) is 0 Å². The monoisotopic (exact) mass is 203 g/mol. The zero-order valence-corrected chi connectivity index (χ0v) is 6.46. The Hall–Kier alpha value is 0.389. The molecule has 0 aromatic carbocycles. The van der Waals surface area contributed by atoms with Crippen LogP contribution in [0.4, 0.5) is 0 Å². The van der Waals surface area contributed by atoms with Crippen molar-refractivity contribution in [1.82, 2.24) is 0 Å². The van der Waals surface area contributed by atoms with Gasteiger partial charge in [0, 0.05) is 17.1 Å². The Morgan fingerprint density at radius 1 is 1.56 bits per heavy atom. The Balaban J connectivity index is 0. The van der Waals surface area contributed by atoms with Crippen molar-refractivity contribution in [2.75, 3.05) is 0 Å². The van der Waals surface area contributed by atoms with E-state index in [0.29, 0.717) is 0 Å². The van der Waals surface area contributed by atoms with Crippen molar-refractivity contribution in [2.24, 2.45) is 0 Å².